The molecule has 2 aromatic rings. The van der Waals surface area contributed by atoms with E-state index in [0.29, 0.717) is 30.1 Å². The lowest BCUT2D eigenvalue weighted by Crippen LogP contribution is -2.20. The molecule has 2 saturated carbocycles. The zero-order valence-corrected chi connectivity index (χ0v) is 17.9. The first-order chi connectivity index (χ1) is 15.0. The van der Waals surface area contributed by atoms with Crippen LogP contribution in [0.1, 0.15) is 68.0 Å². The summed E-state index contributed by atoms with van der Waals surface area (Å²) < 4.78 is 25.5. The molecule has 1 unspecified atom stereocenters. The first-order valence-corrected chi connectivity index (χ1v) is 11.2. The van der Waals surface area contributed by atoms with Gasteiger partial charge in [-0.05, 0) is 86.1 Å². The molecule has 0 amide bonds. The molecule has 1 atom stereocenters. The van der Waals surface area contributed by atoms with E-state index in [4.69, 9.17) is 9.47 Å². The van der Waals surface area contributed by atoms with Crippen molar-refractivity contribution in [3.63, 3.8) is 0 Å². The van der Waals surface area contributed by atoms with Crippen molar-refractivity contribution in [3.8, 4) is 11.6 Å². The standard InChI is InChI=1S/C25H30FNO4/c1-30-19-11-12-22(26)20(13-19)17-7-5-16(6-8-17)15-31-24-4-2-3-23(27-24)21(14-25(28)29)18-9-10-18/h2-4,11-13,16-18,21H,5-10,14-15H2,1H3,(H,28,29)/t16-,17-,21?. The quantitative estimate of drug-likeness (QED) is 0.568. The predicted octanol–water partition coefficient (Wildman–Crippen LogP) is 5.55. The Morgan fingerprint density at radius 1 is 1.16 bits per heavy atom. The Hall–Kier alpha value is -2.63. The topological polar surface area (TPSA) is 68.7 Å². The number of carbonyl (C=O) groups is 1. The fraction of sp³-hybridized carbons (Fsp3) is 0.520. The first kappa shape index (κ1) is 21.6. The SMILES string of the molecule is COc1ccc(F)c([C@H]2CC[C@H](COc3cccc(C(CC(=O)O)C4CC4)n3)CC2)c1. The van der Waals surface area contributed by atoms with E-state index >= 15 is 0 Å². The molecule has 166 valence electrons. The minimum Gasteiger partial charge on any atom is -0.497 e. The number of benzene rings is 1. The van der Waals surface area contributed by atoms with Crippen LogP contribution >= 0.6 is 0 Å². The lowest BCUT2D eigenvalue weighted by molar-refractivity contribution is -0.137. The summed E-state index contributed by atoms with van der Waals surface area (Å²) in [6.45, 7) is 0.580. The third kappa shape index (κ3) is 5.54. The van der Waals surface area contributed by atoms with Crippen molar-refractivity contribution in [2.75, 3.05) is 13.7 Å². The molecular formula is C25H30FNO4. The fourth-order valence-corrected chi connectivity index (χ4v) is 4.72. The van der Waals surface area contributed by atoms with Gasteiger partial charge in [0.15, 0.2) is 0 Å². The van der Waals surface area contributed by atoms with E-state index in [-0.39, 0.29) is 24.1 Å². The van der Waals surface area contributed by atoms with Crippen molar-refractivity contribution in [2.24, 2.45) is 11.8 Å². The van der Waals surface area contributed by atoms with Crippen LogP contribution in [0.2, 0.25) is 0 Å². The monoisotopic (exact) mass is 427 g/mol. The second-order valence-corrected chi connectivity index (χ2v) is 8.86. The van der Waals surface area contributed by atoms with E-state index in [1.807, 2.05) is 24.3 Å². The second-order valence-electron chi connectivity index (χ2n) is 8.86. The maximum atomic E-state index is 14.3. The summed E-state index contributed by atoms with van der Waals surface area (Å²) >= 11 is 0. The summed E-state index contributed by atoms with van der Waals surface area (Å²) in [7, 11) is 1.60. The van der Waals surface area contributed by atoms with Crippen LogP contribution in [-0.2, 0) is 4.79 Å². The maximum Gasteiger partial charge on any atom is 0.304 e. The van der Waals surface area contributed by atoms with Crippen molar-refractivity contribution in [2.45, 2.75) is 56.8 Å². The first-order valence-electron chi connectivity index (χ1n) is 11.2. The lowest BCUT2D eigenvalue weighted by Gasteiger charge is -2.29. The highest BCUT2D eigenvalue weighted by Gasteiger charge is 2.35. The molecule has 0 saturated heterocycles. The molecule has 2 aliphatic rings. The molecular weight excluding hydrogens is 397 g/mol. The van der Waals surface area contributed by atoms with Gasteiger partial charge in [0, 0.05) is 17.7 Å². The number of hydrogen-bond donors (Lipinski definition) is 1. The van der Waals surface area contributed by atoms with E-state index in [1.165, 1.54) is 6.07 Å². The molecule has 0 bridgehead atoms. The molecule has 1 N–H and O–H groups in total. The minimum absolute atomic E-state index is 0.0331. The van der Waals surface area contributed by atoms with Crippen LogP contribution in [0.3, 0.4) is 0 Å². The van der Waals surface area contributed by atoms with Gasteiger partial charge in [-0.15, -0.1) is 0 Å². The molecule has 1 aromatic carbocycles. The lowest BCUT2D eigenvalue weighted by atomic mass is 9.79. The van der Waals surface area contributed by atoms with Crippen molar-refractivity contribution in [3.05, 3.63) is 53.5 Å². The van der Waals surface area contributed by atoms with Gasteiger partial charge in [-0.1, -0.05) is 6.07 Å². The summed E-state index contributed by atoms with van der Waals surface area (Å²) in [5.74, 6) is 1.33. The van der Waals surface area contributed by atoms with E-state index in [9.17, 15) is 14.3 Å². The van der Waals surface area contributed by atoms with Gasteiger partial charge >= 0.3 is 5.97 Å². The van der Waals surface area contributed by atoms with Crippen LogP contribution in [0.5, 0.6) is 11.6 Å². The number of carboxylic acids is 1. The maximum absolute atomic E-state index is 14.3. The van der Waals surface area contributed by atoms with Gasteiger partial charge in [0.25, 0.3) is 0 Å². The molecule has 31 heavy (non-hydrogen) atoms. The number of aliphatic carboxylic acids is 1. The number of aromatic nitrogens is 1. The third-order valence-electron chi connectivity index (χ3n) is 6.67. The van der Waals surface area contributed by atoms with Crippen molar-refractivity contribution in [1.29, 1.82) is 0 Å². The van der Waals surface area contributed by atoms with E-state index < -0.39 is 5.97 Å². The van der Waals surface area contributed by atoms with Gasteiger partial charge in [-0.3, -0.25) is 4.79 Å². The Morgan fingerprint density at radius 2 is 1.94 bits per heavy atom. The number of carboxylic acid groups (broad SMARTS) is 1. The normalized spacial score (nSPS) is 22.0. The molecule has 2 aliphatic carbocycles. The second kappa shape index (κ2) is 9.67. The minimum atomic E-state index is -0.783. The molecule has 4 rings (SSSR count). The smallest absolute Gasteiger partial charge is 0.304 e. The third-order valence-corrected chi connectivity index (χ3v) is 6.67. The van der Waals surface area contributed by atoms with Gasteiger partial charge < -0.3 is 14.6 Å². The Morgan fingerprint density at radius 3 is 2.61 bits per heavy atom. The summed E-state index contributed by atoms with van der Waals surface area (Å²) in [4.78, 5) is 15.8. The summed E-state index contributed by atoms with van der Waals surface area (Å²) in [5, 5.41) is 9.23. The van der Waals surface area contributed by atoms with Gasteiger partial charge in [0.05, 0.1) is 20.1 Å². The predicted molar refractivity (Wildman–Crippen MR) is 115 cm³/mol. The summed E-state index contributed by atoms with van der Waals surface area (Å²) in [6, 6.07) is 10.6. The van der Waals surface area contributed by atoms with Crippen LogP contribution < -0.4 is 9.47 Å². The zero-order valence-electron chi connectivity index (χ0n) is 17.9. The fourth-order valence-electron chi connectivity index (χ4n) is 4.72. The average Bonchev–Trinajstić information content (AvgIpc) is 3.62. The highest BCUT2D eigenvalue weighted by molar-refractivity contribution is 5.68. The molecule has 0 radical (unpaired) electrons. The Labute approximate surface area is 182 Å². The van der Waals surface area contributed by atoms with Crippen LogP contribution in [0.4, 0.5) is 4.39 Å². The molecule has 6 heteroatoms. The van der Waals surface area contributed by atoms with E-state index in [2.05, 4.69) is 4.98 Å². The number of nitrogens with zero attached hydrogens (tertiary/aromatic N) is 1. The molecule has 1 aromatic heterocycles. The van der Waals surface area contributed by atoms with Crippen LogP contribution in [0.25, 0.3) is 0 Å². The molecule has 0 spiro atoms. The molecule has 1 heterocycles. The molecule has 2 fully saturated rings. The zero-order chi connectivity index (χ0) is 21.8. The highest BCUT2D eigenvalue weighted by atomic mass is 19.1. The molecule has 5 nitrogen and oxygen atoms in total. The largest absolute Gasteiger partial charge is 0.497 e. The number of halogens is 1. The Bertz CT molecular complexity index is 906. The number of ether oxygens (including phenoxy) is 2. The molecule has 0 aliphatic heterocycles. The van der Waals surface area contributed by atoms with Crippen molar-refractivity contribution in [1.82, 2.24) is 4.98 Å². The van der Waals surface area contributed by atoms with Crippen molar-refractivity contribution < 1.29 is 23.8 Å². The van der Waals surface area contributed by atoms with Gasteiger partial charge in [-0.2, -0.15) is 0 Å². The Kier molecular flexibility index (Phi) is 6.73. The van der Waals surface area contributed by atoms with Gasteiger partial charge in [0.2, 0.25) is 5.88 Å². The highest BCUT2D eigenvalue weighted by Crippen LogP contribution is 2.44. The number of hydrogen-bond acceptors (Lipinski definition) is 4. The number of methoxy groups -OCH3 is 1. The number of pyridine rings is 1. The number of rotatable bonds is 9. The summed E-state index contributed by atoms with van der Waals surface area (Å²) in [6.07, 6.45) is 6.06. The average molecular weight is 428 g/mol. The van der Waals surface area contributed by atoms with Crippen LogP contribution in [0, 0.1) is 17.7 Å². The Balaban J connectivity index is 1.31. The summed E-state index contributed by atoms with van der Waals surface area (Å²) in [5.41, 5.74) is 1.57. The van der Waals surface area contributed by atoms with E-state index in [1.54, 1.807) is 13.2 Å². The van der Waals surface area contributed by atoms with Crippen LogP contribution in [0.15, 0.2) is 36.4 Å². The van der Waals surface area contributed by atoms with E-state index in [0.717, 1.165) is 49.8 Å². The van der Waals surface area contributed by atoms with Crippen LogP contribution in [-0.4, -0.2) is 29.8 Å². The van der Waals surface area contributed by atoms with Gasteiger partial charge in [0.1, 0.15) is 11.6 Å². The van der Waals surface area contributed by atoms with Crippen molar-refractivity contribution >= 4 is 5.97 Å². The van der Waals surface area contributed by atoms with Gasteiger partial charge in [-0.25, -0.2) is 9.37 Å².